The summed E-state index contributed by atoms with van der Waals surface area (Å²) >= 11 is 0. The highest BCUT2D eigenvalue weighted by Gasteiger charge is 2.83. The van der Waals surface area contributed by atoms with Crippen molar-refractivity contribution in [3.63, 3.8) is 0 Å². The van der Waals surface area contributed by atoms with E-state index >= 15 is 0 Å². The molecule has 5 fully saturated rings. The zero-order chi connectivity index (χ0) is 27.2. The summed E-state index contributed by atoms with van der Waals surface area (Å²) in [6, 6.07) is 0. The van der Waals surface area contributed by atoms with Gasteiger partial charge in [-0.2, -0.15) is 0 Å². The maximum absolute atomic E-state index is 13.2. The van der Waals surface area contributed by atoms with Crippen LogP contribution in [0.3, 0.4) is 0 Å². The number of epoxide rings is 1. The van der Waals surface area contributed by atoms with Crippen LogP contribution in [0.5, 0.6) is 0 Å². The largest absolute Gasteiger partial charge is 0.462 e. The number of aliphatic hydroxyl groups is 2. The molecule has 2 aliphatic carbocycles. The molecule has 10 nitrogen and oxygen atoms in total. The molecule has 4 bridgehead atoms. The Morgan fingerprint density at radius 2 is 1.82 bits per heavy atom. The van der Waals surface area contributed by atoms with Gasteiger partial charge in [0, 0.05) is 30.4 Å². The van der Waals surface area contributed by atoms with Crippen molar-refractivity contribution in [3.05, 3.63) is 47.6 Å². The molecule has 0 aromatic rings. The van der Waals surface area contributed by atoms with Crippen molar-refractivity contribution >= 4 is 11.9 Å². The Kier molecular flexibility index (Phi) is 5.64. The molecule has 0 aromatic heterocycles. The molecule has 0 aromatic carbocycles. The normalized spacial score (nSPS) is 53.4. The highest BCUT2D eigenvalue weighted by molar-refractivity contribution is 5.83. The summed E-state index contributed by atoms with van der Waals surface area (Å²) in [6.07, 6.45) is 7.25. The standard InChI is InChI=1S/C29H34O10/c1-16-6-8-27-14-34-23(31)11-17-10-20-28(35-13-17,24(32)25(33)39-20)7-4-3-5-22(30)38-18-12-21(37-19(27)9-16)29(15-36-29)26(18,27)2/h3-5,7,9,11,18-21,24-25,32-33H,6,8,10,12-15H2,1-2H3/b5-3-,7-4+,17-11-/t18-,19-,20?,21-,24?,25?,26-,27-,28?,29-/m1/s1. The SMILES string of the molecule is CC1=C[C@H]2O[C@@H]3C[C@H]4OC(=O)/C=C\C=C\C56OC/C(=C\C(=O)OC[C@@]2(CC1)[C@]4(C)[C@@]31CO1)CC5OC(O)C6O. The summed E-state index contributed by atoms with van der Waals surface area (Å²) in [5, 5.41) is 20.9. The van der Waals surface area contributed by atoms with E-state index in [1.807, 2.05) is 0 Å². The van der Waals surface area contributed by atoms with Gasteiger partial charge in [-0.25, -0.2) is 9.59 Å². The fourth-order valence-electron chi connectivity index (χ4n) is 8.08. The number of carbonyl (C=O) groups is 2. The van der Waals surface area contributed by atoms with Crippen LogP contribution in [0.2, 0.25) is 0 Å². The molecule has 1 saturated carbocycles. The number of allylic oxidation sites excluding steroid dienone is 3. The van der Waals surface area contributed by atoms with Gasteiger partial charge >= 0.3 is 11.9 Å². The van der Waals surface area contributed by atoms with Crippen molar-refractivity contribution in [2.45, 2.75) is 87.5 Å². The number of aliphatic hydroxyl groups excluding tert-OH is 2. The first kappa shape index (κ1) is 25.6. The number of hydrogen-bond donors (Lipinski definition) is 2. The van der Waals surface area contributed by atoms with E-state index in [0.717, 1.165) is 6.42 Å². The lowest BCUT2D eigenvalue weighted by Crippen LogP contribution is -2.66. The topological polar surface area (TPSA) is 133 Å². The molecule has 0 amide bonds. The predicted octanol–water partition coefficient (Wildman–Crippen LogP) is 1.40. The molecule has 10 heteroatoms. The first-order valence-electron chi connectivity index (χ1n) is 13.7. The Hall–Kier alpha value is -2.34. The second-order valence-corrected chi connectivity index (χ2v) is 12.2. The quantitative estimate of drug-likeness (QED) is 0.263. The van der Waals surface area contributed by atoms with Crippen LogP contribution in [0.25, 0.3) is 0 Å². The Balaban J connectivity index is 1.29. The van der Waals surface area contributed by atoms with E-state index in [9.17, 15) is 19.8 Å². The summed E-state index contributed by atoms with van der Waals surface area (Å²) in [5.74, 6) is -1.04. The summed E-state index contributed by atoms with van der Waals surface area (Å²) in [7, 11) is 0. The maximum Gasteiger partial charge on any atom is 0.331 e. The molecule has 3 spiro atoms. The molecular weight excluding hydrogens is 508 g/mol. The van der Waals surface area contributed by atoms with Crippen LogP contribution in [0.4, 0.5) is 0 Å². The zero-order valence-electron chi connectivity index (χ0n) is 22.0. The van der Waals surface area contributed by atoms with Gasteiger partial charge in [-0.05, 0) is 31.4 Å². The van der Waals surface area contributed by atoms with Crippen LogP contribution in [-0.4, -0.2) is 90.0 Å². The number of esters is 2. The van der Waals surface area contributed by atoms with Crippen molar-refractivity contribution in [1.82, 2.24) is 0 Å². The number of fused-ring (bicyclic) bond motifs is 7. The molecule has 6 aliphatic heterocycles. The highest BCUT2D eigenvalue weighted by atomic mass is 16.7. The van der Waals surface area contributed by atoms with Crippen LogP contribution >= 0.6 is 0 Å². The lowest BCUT2D eigenvalue weighted by Gasteiger charge is -2.58. The number of carbonyl (C=O) groups excluding carboxylic acids is 2. The van der Waals surface area contributed by atoms with Gasteiger partial charge in [-0.3, -0.25) is 0 Å². The minimum absolute atomic E-state index is 0.0477. The van der Waals surface area contributed by atoms with Gasteiger partial charge in [-0.1, -0.05) is 30.7 Å². The molecule has 2 N–H and O–H groups in total. The lowest BCUT2D eigenvalue weighted by molar-refractivity contribution is -0.232. The van der Waals surface area contributed by atoms with Crippen molar-refractivity contribution < 1.29 is 48.2 Å². The average molecular weight is 543 g/mol. The van der Waals surface area contributed by atoms with Gasteiger partial charge < -0.3 is 38.6 Å². The van der Waals surface area contributed by atoms with Crippen LogP contribution < -0.4 is 0 Å². The minimum atomic E-state index is -1.45. The molecule has 0 radical (unpaired) electrons. The Labute approximate surface area is 226 Å². The van der Waals surface area contributed by atoms with E-state index in [2.05, 4.69) is 19.9 Å². The number of rotatable bonds is 0. The van der Waals surface area contributed by atoms with E-state index < -0.39 is 58.6 Å². The smallest absolute Gasteiger partial charge is 0.331 e. The van der Waals surface area contributed by atoms with Gasteiger partial charge in [0.25, 0.3) is 0 Å². The third-order valence-corrected chi connectivity index (χ3v) is 10.5. The van der Waals surface area contributed by atoms with Crippen LogP contribution in [-0.2, 0) is 38.0 Å². The first-order chi connectivity index (χ1) is 18.6. The molecule has 8 rings (SSSR count). The summed E-state index contributed by atoms with van der Waals surface area (Å²) in [6.45, 7) is 4.81. The van der Waals surface area contributed by atoms with Gasteiger partial charge in [0.15, 0.2) is 6.29 Å². The highest BCUT2D eigenvalue weighted by Crippen LogP contribution is 2.72. The second-order valence-electron chi connectivity index (χ2n) is 12.2. The van der Waals surface area contributed by atoms with Gasteiger partial charge in [0.2, 0.25) is 0 Å². The van der Waals surface area contributed by atoms with E-state index in [4.69, 9.17) is 28.4 Å². The van der Waals surface area contributed by atoms with Crippen LogP contribution in [0, 0.1) is 10.8 Å². The van der Waals surface area contributed by atoms with E-state index in [1.54, 1.807) is 12.2 Å². The van der Waals surface area contributed by atoms with E-state index in [1.165, 1.54) is 23.8 Å². The lowest BCUT2D eigenvalue weighted by atomic mass is 9.51. The fourth-order valence-corrected chi connectivity index (χ4v) is 8.08. The fraction of sp³-hybridized carbons (Fsp3) is 0.655. The average Bonchev–Trinajstić information content (AvgIpc) is 3.64. The molecule has 8 aliphatic rings. The Morgan fingerprint density at radius 3 is 2.62 bits per heavy atom. The molecule has 39 heavy (non-hydrogen) atoms. The van der Waals surface area contributed by atoms with Gasteiger partial charge in [0.05, 0.1) is 36.9 Å². The molecule has 6 heterocycles. The van der Waals surface area contributed by atoms with Crippen molar-refractivity contribution in [2.24, 2.45) is 10.8 Å². The van der Waals surface area contributed by atoms with Crippen LogP contribution in [0.1, 0.15) is 39.5 Å². The predicted molar refractivity (Wildman–Crippen MR) is 133 cm³/mol. The molecule has 10 atom stereocenters. The first-order valence-corrected chi connectivity index (χ1v) is 13.7. The number of ether oxygens (including phenoxy) is 6. The second kappa shape index (κ2) is 8.58. The van der Waals surface area contributed by atoms with Crippen molar-refractivity contribution in [3.8, 4) is 0 Å². The summed E-state index contributed by atoms with van der Waals surface area (Å²) in [4.78, 5) is 26.2. The van der Waals surface area contributed by atoms with E-state index in [-0.39, 0.29) is 31.8 Å². The van der Waals surface area contributed by atoms with Crippen molar-refractivity contribution in [2.75, 3.05) is 19.8 Å². The third kappa shape index (κ3) is 3.42. The van der Waals surface area contributed by atoms with E-state index in [0.29, 0.717) is 25.0 Å². The summed E-state index contributed by atoms with van der Waals surface area (Å²) in [5.41, 5.74) is -1.37. The summed E-state index contributed by atoms with van der Waals surface area (Å²) < 4.78 is 36.4. The van der Waals surface area contributed by atoms with Crippen molar-refractivity contribution in [1.29, 1.82) is 0 Å². The van der Waals surface area contributed by atoms with Gasteiger partial charge in [0.1, 0.15) is 30.0 Å². The minimum Gasteiger partial charge on any atom is -0.462 e. The Morgan fingerprint density at radius 1 is 1.00 bits per heavy atom. The van der Waals surface area contributed by atoms with Gasteiger partial charge in [-0.15, -0.1) is 0 Å². The molecule has 4 saturated heterocycles. The molecular formula is C29H34O10. The monoisotopic (exact) mass is 542 g/mol. The maximum atomic E-state index is 13.2. The number of hydrogen-bond acceptors (Lipinski definition) is 10. The Bertz CT molecular complexity index is 1210. The van der Waals surface area contributed by atoms with Crippen LogP contribution in [0.15, 0.2) is 47.6 Å². The third-order valence-electron chi connectivity index (χ3n) is 10.5. The molecule has 4 unspecified atom stereocenters. The molecule has 210 valence electrons. The zero-order valence-corrected chi connectivity index (χ0v) is 22.0.